The number of benzene rings is 1. The highest BCUT2D eigenvalue weighted by Crippen LogP contribution is 2.06. The van der Waals surface area contributed by atoms with Crippen molar-refractivity contribution in [3.8, 4) is 0 Å². The maximum absolute atomic E-state index is 7.37. The summed E-state index contributed by atoms with van der Waals surface area (Å²) < 4.78 is 0. The van der Waals surface area contributed by atoms with Crippen molar-refractivity contribution < 1.29 is 0 Å². The lowest BCUT2D eigenvalue weighted by atomic mass is 10.1. The van der Waals surface area contributed by atoms with E-state index in [0.29, 0.717) is 12.5 Å². The molecule has 28 heavy (non-hydrogen) atoms. The van der Waals surface area contributed by atoms with E-state index in [1.54, 1.807) is 0 Å². The summed E-state index contributed by atoms with van der Waals surface area (Å²) in [4.78, 5) is 8.24. The number of nitrogens with zero attached hydrogens (tertiary/aromatic N) is 2. The molecule has 0 aliphatic carbocycles. The highest BCUT2D eigenvalue weighted by molar-refractivity contribution is 5.95. The standard InChI is InChI=1S/C20H34N8/c21-18(22)17-11-9-16(10-12-17)8-7-15-28-20(25)27-14-6-4-2-1-3-5-13-26-19(23)24/h7-12H,1-6,13-15H2,(H3,21,22)(H4,23,24,26)(H3,25,27,28)/b8-7+. The SMILES string of the molecule is N=C(N)c1ccc(/C=C/CN=C(N)NCCCCCCCCN=C(N)N)cc1. The van der Waals surface area contributed by atoms with E-state index < -0.39 is 0 Å². The molecule has 1 aromatic carbocycles. The Morgan fingerprint density at radius 3 is 2.18 bits per heavy atom. The van der Waals surface area contributed by atoms with Crippen molar-refractivity contribution in [1.82, 2.24) is 5.32 Å². The predicted molar refractivity (Wildman–Crippen MR) is 119 cm³/mol. The lowest BCUT2D eigenvalue weighted by molar-refractivity contribution is 0.593. The zero-order valence-corrected chi connectivity index (χ0v) is 16.5. The van der Waals surface area contributed by atoms with Crippen LogP contribution in [0, 0.1) is 5.41 Å². The molecule has 0 amide bonds. The Hall–Kier alpha value is -3.03. The number of unbranched alkanes of at least 4 members (excludes halogenated alkanes) is 5. The van der Waals surface area contributed by atoms with E-state index in [4.69, 9.17) is 28.3 Å². The fourth-order valence-corrected chi connectivity index (χ4v) is 2.54. The summed E-state index contributed by atoms with van der Waals surface area (Å²) in [5, 5.41) is 10.5. The van der Waals surface area contributed by atoms with Crippen LogP contribution in [0.1, 0.15) is 49.7 Å². The third kappa shape index (κ3) is 11.6. The molecule has 0 radical (unpaired) electrons. The number of hydrogen-bond donors (Lipinski definition) is 6. The van der Waals surface area contributed by atoms with Crippen molar-refractivity contribution in [3.05, 3.63) is 41.5 Å². The molecule has 0 fully saturated rings. The topological polar surface area (TPSA) is 165 Å². The van der Waals surface area contributed by atoms with E-state index in [-0.39, 0.29) is 11.8 Å². The summed E-state index contributed by atoms with van der Waals surface area (Å²) in [7, 11) is 0. The van der Waals surface area contributed by atoms with Gasteiger partial charge in [-0.2, -0.15) is 0 Å². The van der Waals surface area contributed by atoms with Crippen LogP contribution in [0.3, 0.4) is 0 Å². The van der Waals surface area contributed by atoms with Gasteiger partial charge in [0.25, 0.3) is 0 Å². The second-order valence-corrected chi connectivity index (χ2v) is 6.52. The second-order valence-electron chi connectivity index (χ2n) is 6.52. The molecule has 0 aromatic heterocycles. The summed E-state index contributed by atoms with van der Waals surface area (Å²) in [6.45, 7) is 2.07. The maximum Gasteiger partial charge on any atom is 0.188 e. The van der Waals surface area contributed by atoms with Gasteiger partial charge in [0.15, 0.2) is 11.9 Å². The molecule has 0 saturated heterocycles. The van der Waals surface area contributed by atoms with Crippen LogP contribution >= 0.6 is 0 Å². The van der Waals surface area contributed by atoms with E-state index in [1.165, 1.54) is 19.3 Å². The van der Waals surface area contributed by atoms with Crippen LogP contribution < -0.4 is 28.3 Å². The summed E-state index contributed by atoms with van der Waals surface area (Å²) in [6.07, 6.45) is 10.7. The average molecular weight is 387 g/mol. The van der Waals surface area contributed by atoms with Crippen molar-refractivity contribution in [1.29, 1.82) is 5.41 Å². The Kier molecular flexibility index (Phi) is 11.6. The molecule has 0 saturated carbocycles. The Morgan fingerprint density at radius 2 is 1.54 bits per heavy atom. The van der Waals surface area contributed by atoms with Gasteiger partial charge in [-0.1, -0.05) is 62.1 Å². The highest BCUT2D eigenvalue weighted by Gasteiger charge is 1.95. The van der Waals surface area contributed by atoms with Crippen molar-refractivity contribution in [3.63, 3.8) is 0 Å². The molecule has 154 valence electrons. The molecule has 0 heterocycles. The van der Waals surface area contributed by atoms with Crippen LogP contribution in [0.5, 0.6) is 0 Å². The minimum absolute atomic E-state index is 0.0711. The molecule has 1 rings (SSSR count). The fourth-order valence-electron chi connectivity index (χ4n) is 2.54. The van der Waals surface area contributed by atoms with Crippen molar-refractivity contribution in [2.24, 2.45) is 32.9 Å². The van der Waals surface area contributed by atoms with E-state index in [0.717, 1.165) is 43.5 Å². The lowest BCUT2D eigenvalue weighted by Gasteiger charge is -2.05. The van der Waals surface area contributed by atoms with E-state index in [2.05, 4.69) is 15.3 Å². The molecule has 0 bridgehead atoms. The molecule has 8 heteroatoms. The zero-order chi connectivity index (χ0) is 20.6. The van der Waals surface area contributed by atoms with Gasteiger partial charge in [0, 0.05) is 18.7 Å². The molecule has 0 atom stereocenters. The molecular weight excluding hydrogens is 352 g/mol. The zero-order valence-electron chi connectivity index (χ0n) is 16.5. The summed E-state index contributed by atoms with van der Waals surface area (Å²) in [6, 6.07) is 7.48. The van der Waals surface area contributed by atoms with Gasteiger partial charge >= 0.3 is 0 Å². The Labute approximate surface area is 167 Å². The van der Waals surface area contributed by atoms with Gasteiger partial charge in [-0.3, -0.25) is 10.4 Å². The molecule has 0 aliphatic heterocycles. The molecule has 8 nitrogen and oxygen atoms in total. The third-order valence-corrected chi connectivity index (χ3v) is 4.08. The largest absolute Gasteiger partial charge is 0.384 e. The normalized spacial score (nSPS) is 11.5. The Bertz CT molecular complexity index is 657. The van der Waals surface area contributed by atoms with Crippen LogP contribution in [-0.2, 0) is 0 Å². The van der Waals surface area contributed by atoms with Gasteiger partial charge in [-0.05, 0) is 18.4 Å². The van der Waals surface area contributed by atoms with E-state index >= 15 is 0 Å². The number of nitrogen functional groups attached to an aromatic ring is 1. The van der Waals surface area contributed by atoms with Gasteiger partial charge in [0.2, 0.25) is 0 Å². The minimum Gasteiger partial charge on any atom is -0.384 e. The molecule has 0 aliphatic rings. The van der Waals surface area contributed by atoms with Crippen molar-refractivity contribution in [2.75, 3.05) is 19.6 Å². The lowest BCUT2D eigenvalue weighted by Crippen LogP contribution is -2.32. The number of amidine groups is 1. The third-order valence-electron chi connectivity index (χ3n) is 4.08. The summed E-state index contributed by atoms with van der Waals surface area (Å²) in [5.74, 6) is 0.708. The second kappa shape index (κ2) is 14.1. The average Bonchev–Trinajstić information content (AvgIpc) is 2.66. The molecular formula is C20H34N8. The van der Waals surface area contributed by atoms with Crippen LogP contribution in [0.15, 0.2) is 40.3 Å². The minimum atomic E-state index is 0.0711. The van der Waals surface area contributed by atoms with Gasteiger partial charge in [-0.15, -0.1) is 0 Å². The van der Waals surface area contributed by atoms with Gasteiger partial charge < -0.3 is 28.3 Å². The van der Waals surface area contributed by atoms with E-state index in [1.807, 2.05) is 36.4 Å². The van der Waals surface area contributed by atoms with Gasteiger partial charge in [0.1, 0.15) is 5.84 Å². The predicted octanol–water partition coefficient (Wildman–Crippen LogP) is 1.50. The summed E-state index contributed by atoms with van der Waals surface area (Å²) in [5.41, 5.74) is 23.6. The number of rotatable bonds is 13. The Balaban J connectivity index is 2.07. The number of guanidine groups is 2. The molecule has 0 spiro atoms. The number of aliphatic imine (C=N–C) groups is 2. The summed E-state index contributed by atoms with van der Waals surface area (Å²) >= 11 is 0. The maximum atomic E-state index is 7.37. The van der Waals surface area contributed by atoms with Gasteiger partial charge in [0.05, 0.1) is 6.54 Å². The van der Waals surface area contributed by atoms with Crippen LogP contribution in [0.2, 0.25) is 0 Å². The molecule has 0 unspecified atom stereocenters. The van der Waals surface area contributed by atoms with Crippen LogP contribution in [-0.4, -0.2) is 37.4 Å². The quantitative estimate of drug-likeness (QED) is 0.171. The first-order valence-electron chi connectivity index (χ1n) is 9.69. The molecule has 10 N–H and O–H groups in total. The smallest absolute Gasteiger partial charge is 0.188 e. The van der Waals surface area contributed by atoms with Crippen molar-refractivity contribution in [2.45, 2.75) is 38.5 Å². The fraction of sp³-hybridized carbons (Fsp3) is 0.450. The highest BCUT2D eigenvalue weighted by atomic mass is 15.1. The Morgan fingerprint density at radius 1 is 0.893 bits per heavy atom. The van der Waals surface area contributed by atoms with E-state index in [9.17, 15) is 0 Å². The number of hydrogen-bond acceptors (Lipinski definition) is 3. The monoisotopic (exact) mass is 386 g/mol. The first-order chi connectivity index (χ1) is 13.5. The first-order valence-corrected chi connectivity index (χ1v) is 9.69. The van der Waals surface area contributed by atoms with Crippen LogP contribution in [0.25, 0.3) is 6.08 Å². The van der Waals surface area contributed by atoms with Gasteiger partial charge in [-0.25, -0.2) is 4.99 Å². The van der Waals surface area contributed by atoms with Crippen molar-refractivity contribution >= 4 is 23.8 Å². The number of nitrogens with one attached hydrogen (secondary N) is 2. The van der Waals surface area contributed by atoms with Crippen LogP contribution in [0.4, 0.5) is 0 Å². The first kappa shape index (κ1) is 23.0. The number of nitrogens with two attached hydrogens (primary N) is 4. The molecule has 1 aromatic rings.